The summed E-state index contributed by atoms with van der Waals surface area (Å²) in [5.74, 6) is -0.845. The molecule has 0 spiro atoms. The molecule has 0 amide bonds. The minimum absolute atomic E-state index is 0.0678. The van der Waals surface area contributed by atoms with E-state index in [1.54, 1.807) is 0 Å². The second kappa shape index (κ2) is 7.28. The first-order valence-corrected chi connectivity index (χ1v) is 6.74. The molecule has 1 heterocycles. The Morgan fingerprint density at radius 2 is 1.76 bits per heavy atom. The maximum absolute atomic E-state index is 12.0. The van der Waals surface area contributed by atoms with Gasteiger partial charge in [-0.15, -0.1) is 0 Å². The number of carboxylic acid groups (broad SMARTS) is 1. The van der Waals surface area contributed by atoms with Crippen LogP contribution in [0.5, 0.6) is 0 Å². The number of benzene rings is 1. The molecule has 0 aliphatic rings. The summed E-state index contributed by atoms with van der Waals surface area (Å²) in [5, 5.41) is 8.59. The molecule has 1 aromatic heterocycles. The molecule has 21 heavy (non-hydrogen) atoms. The summed E-state index contributed by atoms with van der Waals surface area (Å²) in [6.07, 6.45) is 6.29. The normalized spacial score (nSPS) is 10.3. The van der Waals surface area contributed by atoms with Crippen LogP contribution in [-0.2, 0) is 17.6 Å². The zero-order valence-corrected chi connectivity index (χ0v) is 11.5. The number of hydrogen-bond donors (Lipinski definition) is 1. The highest BCUT2D eigenvalue weighted by atomic mass is 16.4. The molecule has 0 atom stereocenters. The van der Waals surface area contributed by atoms with Gasteiger partial charge in [-0.2, -0.15) is 0 Å². The summed E-state index contributed by atoms with van der Waals surface area (Å²) in [5.41, 5.74) is 2.35. The first-order chi connectivity index (χ1) is 10.1. The number of carbonyl (C=O) groups excluding carboxylic acids is 1. The molecule has 5 heteroatoms. The van der Waals surface area contributed by atoms with E-state index in [1.807, 2.05) is 24.3 Å². The largest absolute Gasteiger partial charge is 0.481 e. The number of aryl methyl sites for hydroxylation is 1. The van der Waals surface area contributed by atoms with Crippen LogP contribution in [0.2, 0.25) is 0 Å². The Bertz CT molecular complexity index is 609. The number of ketones is 1. The highest BCUT2D eigenvalue weighted by molar-refractivity contribution is 5.95. The van der Waals surface area contributed by atoms with Crippen LogP contribution in [0.3, 0.4) is 0 Å². The Balaban J connectivity index is 1.90. The first-order valence-electron chi connectivity index (χ1n) is 6.74. The van der Waals surface area contributed by atoms with Crippen molar-refractivity contribution in [1.29, 1.82) is 0 Å². The molecule has 0 unspecified atom stereocenters. The van der Waals surface area contributed by atoms with E-state index in [0.29, 0.717) is 12.1 Å². The lowest BCUT2D eigenvalue weighted by atomic mass is 10.0. The highest BCUT2D eigenvalue weighted by Gasteiger charge is 2.08. The molecule has 0 radical (unpaired) electrons. The highest BCUT2D eigenvalue weighted by Crippen LogP contribution is 2.10. The molecule has 1 aromatic carbocycles. The minimum atomic E-state index is -0.777. The van der Waals surface area contributed by atoms with Crippen molar-refractivity contribution < 1.29 is 14.7 Å². The molecule has 1 N–H and O–H groups in total. The molecule has 0 saturated heterocycles. The maximum Gasteiger partial charge on any atom is 0.303 e. The lowest BCUT2D eigenvalue weighted by molar-refractivity contribution is -0.137. The maximum atomic E-state index is 12.0. The Kier molecular flexibility index (Phi) is 5.15. The Morgan fingerprint density at radius 3 is 2.38 bits per heavy atom. The van der Waals surface area contributed by atoms with Crippen molar-refractivity contribution in [2.75, 3.05) is 0 Å². The standard InChI is InChI=1S/C16H16N2O3/c19-15(14-11-17-8-9-18-14)10-13-6-4-12(5-7-13)2-1-3-16(20)21/h4-9,11H,1-3,10H2,(H,20,21). The minimum Gasteiger partial charge on any atom is -0.481 e. The van der Waals surface area contributed by atoms with Crippen molar-refractivity contribution in [2.45, 2.75) is 25.7 Å². The number of aliphatic carboxylic acids is 1. The van der Waals surface area contributed by atoms with E-state index in [0.717, 1.165) is 17.5 Å². The summed E-state index contributed by atoms with van der Waals surface area (Å²) >= 11 is 0. The van der Waals surface area contributed by atoms with Crippen molar-refractivity contribution in [3.8, 4) is 0 Å². The van der Waals surface area contributed by atoms with Crippen LogP contribution in [0.4, 0.5) is 0 Å². The van der Waals surface area contributed by atoms with Gasteiger partial charge in [-0.05, 0) is 24.0 Å². The average Bonchev–Trinajstić information content (AvgIpc) is 2.49. The van der Waals surface area contributed by atoms with Gasteiger partial charge in [0.25, 0.3) is 0 Å². The van der Waals surface area contributed by atoms with Gasteiger partial charge >= 0.3 is 5.97 Å². The third-order valence-corrected chi connectivity index (χ3v) is 3.09. The van der Waals surface area contributed by atoms with Crippen molar-refractivity contribution in [2.24, 2.45) is 0 Å². The van der Waals surface area contributed by atoms with Crippen LogP contribution in [-0.4, -0.2) is 26.8 Å². The molecule has 0 fully saturated rings. The van der Waals surface area contributed by atoms with Crippen LogP contribution in [0, 0.1) is 0 Å². The summed E-state index contributed by atoms with van der Waals surface area (Å²) < 4.78 is 0. The Hall–Kier alpha value is -2.56. The smallest absolute Gasteiger partial charge is 0.303 e. The fourth-order valence-electron chi connectivity index (χ4n) is 1.99. The molecule has 2 aromatic rings. The van der Waals surface area contributed by atoms with Gasteiger partial charge in [-0.3, -0.25) is 14.6 Å². The van der Waals surface area contributed by atoms with Crippen LogP contribution < -0.4 is 0 Å². The molecule has 2 rings (SSSR count). The van der Waals surface area contributed by atoms with Crippen molar-refractivity contribution in [3.63, 3.8) is 0 Å². The predicted octanol–water partition coefficient (Wildman–Crippen LogP) is 2.31. The molecule has 0 aliphatic carbocycles. The number of Topliss-reactive ketones (excluding diaryl/α,β-unsaturated/α-hetero) is 1. The van der Waals surface area contributed by atoms with Gasteiger partial charge in [0, 0.05) is 25.2 Å². The molecular formula is C16H16N2O3. The molecule has 0 saturated carbocycles. The van der Waals surface area contributed by atoms with E-state index in [4.69, 9.17) is 5.11 Å². The number of carboxylic acids is 1. The number of rotatable bonds is 7. The van der Waals surface area contributed by atoms with Crippen LogP contribution in [0.15, 0.2) is 42.9 Å². The molecule has 0 aliphatic heterocycles. The van der Waals surface area contributed by atoms with E-state index in [-0.39, 0.29) is 18.6 Å². The zero-order chi connectivity index (χ0) is 15.1. The van der Waals surface area contributed by atoms with Crippen LogP contribution in [0.1, 0.15) is 34.5 Å². The molecule has 108 valence electrons. The van der Waals surface area contributed by atoms with Crippen molar-refractivity contribution in [3.05, 3.63) is 59.7 Å². The molecule has 5 nitrogen and oxygen atoms in total. The fraction of sp³-hybridized carbons (Fsp3) is 0.250. The van der Waals surface area contributed by atoms with Crippen LogP contribution >= 0.6 is 0 Å². The Morgan fingerprint density at radius 1 is 1.05 bits per heavy atom. The zero-order valence-electron chi connectivity index (χ0n) is 11.5. The second-order valence-corrected chi connectivity index (χ2v) is 4.75. The third-order valence-electron chi connectivity index (χ3n) is 3.09. The van der Waals surface area contributed by atoms with Gasteiger partial charge in [0.15, 0.2) is 5.78 Å². The average molecular weight is 284 g/mol. The van der Waals surface area contributed by atoms with E-state index >= 15 is 0 Å². The van der Waals surface area contributed by atoms with Gasteiger partial charge in [0.1, 0.15) is 5.69 Å². The second-order valence-electron chi connectivity index (χ2n) is 4.75. The summed E-state index contributed by atoms with van der Waals surface area (Å²) in [7, 11) is 0. The van der Waals surface area contributed by atoms with E-state index in [9.17, 15) is 9.59 Å². The monoisotopic (exact) mass is 284 g/mol. The molecule has 0 bridgehead atoms. The lowest BCUT2D eigenvalue weighted by Crippen LogP contribution is -2.06. The van der Waals surface area contributed by atoms with Gasteiger partial charge in [-0.1, -0.05) is 24.3 Å². The topological polar surface area (TPSA) is 80.1 Å². The number of hydrogen-bond acceptors (Lipinski definition) is 4. The van der Waals surface area contributed by atoms with E-state index in [2.05, 4.69) is 9.97 Å². The third kappa shape index (κ3) is 4.80. The van der Waals surface area contributed by atoms with Crippen molar-refractivity contribution in [1.82, 2.24) is 9.97 Å². The van der Waals surface area contributed by atoms with Gasteiger partial charge in [0.05, 0.1) is 6.20 Å². The lowest BCUT2D eigenvalue weighted by Gasteiger charge is -2.03. The van der Waals surface area contributed by atoms with Crippen molar-refractivity contribution >= 4 is 11.8 Å². The van der Waals surface area contributed by atoms with E-state index in [1.165, 1.54) is 18.6 Å². The fourth-order valence-corrected chi connectivity index (χ4v) is 1.99. The van der Waals surface area contributed by atoms with Crippen LogP contribution in [0.25, 0.3) is 0 Å². The van der Waals surface area contributed by atoms with E-state index < -0.39 is 5.97 Å². The summed E-state index contributed by atoms with van der Waals surface area (Å²) in [6.45, 7) is 0. The number of aromatic nitrogens is 2. The van der Waals surface area contributed by atoms with Gasteiger partial charge in [0.2, 0.25) is 0 Å². The van der Waals surface area contributed by atoms with Gasteiger partial charge in [-0.25, -0.2) is 4.98 Å². The molecular weight excluding hydrogens is 268 g/mol. The SMILES string of the molecule is O=C(O)CCCc1ccc(CC(=O)c2cnccn2)cc1. The van der Waals surface area contributed by atoms with Gasteiger partial charge < -0.3 is 5.11 Å². The first kappa shape index (κ1) is 14.8. The predicted molar refractivity (Wildman–Crippen MR) is 77.1 cm³/mol. The number of nitrogens with zero attached hydrogens (tertiary/aromatic N) is 2. The number of carbonyl (C=O) groups is 2. The summed E-state index contributed by atoms with van der Waals surface area (Å²) in [4.78, 5) is 30.3. The Labute approximate surface area is 122 Å². The summed E-state index contributed by atoms with van der Waals surface area (Å²) in [6, 6.07) is 7.65. The quantitative estimate of drug-likeness (QED) is 0.789.